The molecule has 0 unspecified atom stereocenters. The fourth-order valence-corrected chi connectivity index (χ4v) is 6.11. The summed E-state index contributed by atoms with van der Waals surface area (Å²) < 4.78 is 31.0. The van der Waals surface area contributed by atoms with Gasteiger partial charge < -0.3 is 15.0 Å². The molecule has 8 nitrogen and oxygen atoms in total. The summed E-state index contributed by atoms with van der Waals surface area (Å²) in [6.45, 7) is 6.47. The standard InChI is InChI=1S/C29H42N4O4S/c1-3-33(29(34)30-21-23-7-5-4-6-8-23)26-17-19-32(20-18-26)22-24-9-13-27(14-10-24)37-28-15-11-25(12-16-28)31-38(2,35)36/h9-16,23,26,31H,3-8,17-22H2,1-2H3,(H,30,34). The second kappa shape index (κ2) is 13.3. The Bertz CT molecular complexity index is 1120. The van der Waals surface area contributed by atoms with Crippen LogP contribution in [0, 0.1) is 5.92 Å². The molecule has 0 aromatic heterocycles. The Kier molecular flexibility index (Phi) is 9.91. The number of hydrogen-bond acceptors (Lipinski definition) is 5. The summed E-state index contributed by atoms with van der Waals surface area (Å²) in [7, 11) is -3.30. The van der Waals surface area contributed by atoms with Crippen LogP contribution in [-0.2, 0) is 16.6 Å². The lowest BCUT2D eigenvalue weighted by molar-refractivity contribution is 0.119. The summed E-state index contributed by atoms with van der Waals surface area (Å²) in [6.07, 6.45) is 9.54. The van der Waals surface area contributed by atoms with Gasteiger partial charge in [0.2, 0.25) is 10.0 Å². The fourth-order valence-electron chi connectivity index (χ4n) is 5.54. The van der Waals surface area contributed by atoms with Crippen LogP contribution in [0.3, 0.4) is 0 Å². The number of likely N-dealkylation sites (tertiary alicyclic amines) is 1. The Morgan fingerprint density at radius 2 is 1.55 bits per heavy atom. The van der Waals surface area contributed by atoms with Gasteiger partial charge in [-0.05, 0) is 80.5 Å². The first-order valence-electron chi connectivity index (χ1n) is 13.9. The predicted molar refractivity (Wildman–Crippen MR) is 152 cm³/mol. The summed E-state index contributed by atoms with van der Waals surface area (Å²) in [4.78, 5) is 17.4. The number of piperidine rings is 1. The number of rotatable bonds is 10. The van der Waals surface area contributed by atoms with Crippen molar-refractivity contribution < 1.29 is 17.9 Å². The van der Waals surface area contributed by atoms with Crippen molar-refractivity contribution in [1.29, 1.82) is 0 Å². The number of amides is 2. The second-order valence-electron chi connectivity index (χ2n) is 10.6. The third-order valence-corrected chi connectivity index (χ3v) is 8.20. The highest BCUT2D eigenvalue weighted by Gasteiger charge is 2.27. The molecular weight excluding hydrogens is 500 g/mol. The van der Waals surface area contributed by atoms with E-state index in [4.69, 9.17) is 4.74 Å². The molecule has 0 radical (unpaired) electrons. The molecule has 2 aromatic carbocycles. The van der Waals surface area contributed by atoms with E-state index in [1.807, 2.05) is 17.0 Å². The zero-order chi connectivity index (χ0) is 27.0. The molecule has 0 bridgehead atoms. The second-order valence-corrected chi connectivity index (χ2v) is 12.4. The number of benzene rings is 2. The molecule has 9 heteroatoms. The Labute approximate surface area is 227 Å². The van der Waals surface area contributed by atoms with Gasteiger partial charge in [-0.15, -0.1) is 0 Å². The zero-order valence-corrected chi connectivity index (χ0v) is 23.5. The molecule has 1 saturated carbocycles. The van der Waals surface area contributed by atoms with E-state index in [-0.39, 0.29) is 6.03 Å². The van der Waals surface area contributed by atoms with Gasteiger partial charge in [0.15, 0.2) is 0 Å². The molecule has 1 aliphatic heterocycles. The van der Waals surface area contributed by atoms with E-state index in [1.165, 1.54) is 37.7 Å². The quantitative estimate of drug-likeness (QED) is 0.418. The maximum atomic E-state index is 12.9. The van der Waals surface area contributed by atoms with Gasteiger partial charge in [-0.3, -0.25) is 9.62 Å². The zero-order valence-electron chi connectivity index (χ0n) is 22.7. The number of carbonyl (C=O) groups excluding carboxylic acids is 1. The monoisotopic (exact) mass is 542 g/mol. The molecule has 2 aromatic rings. The summed E-state index contributed by atoms with van der Waals surface area (Å²) in [5, 5.41) is 3.22. The molecule has 1 heterocycles. The molecule has 2 amide bonds. The SMILES string of the molecule is CCN(C(=O)NCC1CCCCC1)C1CCN(Cc2ccc(Oc3ccc(NS(C)(=O)=O)cc3)cc2)CC1. The van der Waals surface area contributed by atoms with E-state index >= 15 is 0 Å². The van der Waals surface area contributed by atoms with Gasteiger partial charge in [0.25, 0.3) is 0 Å². The van der Waals surface area contributed by atoms with Gasteiger partial charge in [-0.25, -0.2) is 13.2 Å². The highest BCUT2D eigenvalue weighted by atomic mass is 32.2. The van der Waals surface area contributed by atoms with Crippen molar-refractivity contribution in [2.24, 2.45) is 5.92 Å². The van der Waals surface area contributed by atoms with Crippen molar-refractivity contribution in [2.45, 2.75) is 64.5 Å². The normalized spacial score (nSPS) is 17.6. The highest BCUT2D eigenvalue weighted by molar-refractivity contribution is 7.92. The van der Waals surface area contributed by atoms with E-state index in [0.717, 1.165) is 57.6 Å². The van der Waals surface area contributed by atoms with Crippen molar-refractivity contribution in [3.8, 4) is 11.5 Å². The first-order valence-corrected chi connectivity index (χ1v) is 15.8. The smallest absolute Gasteiger partial charge is 0.317 e. The molecule has 2 aliphatic rings. The number of nitrogens with one attached hydrogen (secondary N) is 2. The summed E-state index contributed by atoms with van der Waals surface area (Å²) in [5.74, 6) is 2.02. The van der Waals surface area contributed by atoms with Crippen LogP contribution in [0.1, 0.15) is 57.4 Å². The van der Waals surface area contributed by atoms with Crippen molar-refractivity contribution in [3.05, 3.63) is 54.1 Å². The number of urea groups is 1. The largest absolute Gasteiger partial charge is 0.457 e. The van der Waals surface area contributed by atoms with E-state index in [2.05, 4.69) is 34.0 Å². The third-order valence-electron chi connectivity index (χ3n) is 7.59. The van der Waals surface area contributed by atoms with Gasteiger partial charge in [-0.1, -0.05) is 31.4 Å². The van der Waals surface area contributed by atoms with Crippen LogP contribution in [0.15, 0.2) is 48.5 Å². The maximum Gasteiger partial charge on any atom is 0.317 e. The number of hydrogen-bond donors (Lipinski definition) is 2. The predicted octanol–water partition coefficient (Wildman–Crippen LogP) is 5.43. The molecule has 2 N–H and O–H groups in total. The molecule has 38 heavy (non-hydrogen) atoms. The van der Waals surface area contributed by atoms with E-state index in [9.17, 15) is 13.2 Å². The lowest BCUT2D eigenvalue weighted by Crippen LogP contribution is -2.51. The van der Waals surface area contributed by atoms with Crippen molar-refractivity contribution in [1.82, 2.24) is 15.1 Å². The topological polar surface area (TPSA) is 91.0 Å². The summed E-state index contributed by atoms with van der Waals surface area (Å²) in [6, 6.07) is 15.3. The van der Waals surface area contributed by atoms with Gasteiger partial charge in [0, 0.05) is 44.5 Å². The lowest BCUT2D eigenvalue weighted by atomic mass is 9.89. The van der Waals surface area contributed by atoms with Crippen LogP contribution >= 0.6 is 0 Å². The van der Waals surface area contributed by atoms with Crippen molar-refractivity contribution >= 4 is 21.7 Å². The Hall–Kier alpha value is -2.78. The molecular formula is C29H42N4O4S. The van der Waals surface area contributed by atoms with Crippen LogP contribution in [0.25, 0.3) is 0 Å². The van der Waals surface area contributed by atoms with Crippen LogP contribution in [0.4, 0.5) is 10.5 Å². The Balaban J connectivity index is 1.21. The van der Waals surface area contributed by atoms with Crippen molar-refractivity contribution in [3.63, 3.8) is 0 Å². The molecule has 1 aliphatic carbocycles. The number of carbonyl (C=O) groups is 1. The molecule has 2 fully saturated rings. The number of anilines is 1. The lowest BCUT2D eigenvalue weighted by Gasteiger charge is -2.38. The van der Waals surface area contributed by atoms with Crippen LogP contribution in [0.2, 0.25) is 0 Å². The number of sulfonamides is 1. The summed E-state index contributed by atoms with van der Waals surface area (Å²) in [5.41, 5.74) is 1.72. The van der Waals surface area contributed by atoms with E-state index in [0.29, 0.717) is 23.4 Å². The van der Waals surface area contributed by atoms with Gasteiger partial charge in [0.05, 0.1) is 6.26 Å². The molecule has 4 rings (SSSR count). The molecule has 0 atom stereocenters. The van der Waals surface area contributed by atoms with Crippen LogP contribution in [0.5, 0.6) is 11.5 Å². The first-order chi connectivity index (χ1) is 18.3. The van der Waals surface area contributed by atoms with Crippen molar-refractivity contribution in [2.75, 3.05) is 37.2 Å². The average Bonchev–Trinajstić information content (AvgIpc) is 2.91. The van der Waals surface area contributed by atoms with Gasteiger partial charge >= 0.3 is 6.03 Å². The van der Waals surface area contributed by atoms with Crippen LogP contribution in [-0.4, -0.2) is 62.7 Å². The number of ether oxygens (including phenoxy) is 1. The van der Waals surface area contributed by atoms with E-state index < -0.39 is 10.0 Å². The molecule has 0 spiro atoms. The third kappa shape index (κ3) is 8.63. The highest BCUT2D eigenvalue weighted by Crippen LogP contribution is 2.26. The minimum absolute atomic E-state index is 0.105. The van der Waals surface area contributed by atoms with Crippen LogP contribution < -0.4 is 14.8 Å². The maximum absolute atomic E-state index is 12.9. The Morgan fingerprint density at radius 1 is 0.947 bits per heavy atom. The van der Waals surface area contributed by atoms with E-state index in [1.54, 1.807) is 24.3 Å². The molecule has 208 valence electrons. The number of nitrogens with zero attached hydrogens (tertiary/aromatic N) is 2. The average molecular weight is 543 g/mol. The Morgan fingerprint density at radius 3 is 2.13 bits per heavy atom. The fraction of sp³-hybridized carbons (Fsp3) is 0.552. The molecule has 1 saturated heterocycles. The van der Waals surface area contributed by atoms with Gasteiger partial charge in [-0.2, -0.15) is 0 Å². The minimum Gasteiger partial charge on any atom is -0.457 e. The first kappa shape index (κ1) is 28.2. The van der Waals surface area contributed by atoms with Gasteiger partial charge in [0.1, 0.15) is 11.5 Å². The summed E-state index contributed by atoms with van der Waals surface area (Å²) >= 11 is 0. The minimum atomic E-state index is -3.30.